The predicted molar refractivity (Wildman–Crippen MR) is 47.0 cm³/mol. The summed E-state index contributed by atoms with van der Waals surface area (Å²) in [5, 5.41) is 8.52. The summed E-state index contributed by atoms with van der Waals surface area (Å²) >= 11 is 0. The van der Waals surface area contributed by atoms with E-state index in [0.717, 1.165) is 19.0 Å². The fourth-order valence-corrected chi connectivity index (χ4v) is 1.09. The van der Waals surface area contributed by atoms with Crippen molar-refractivity contribution in [2.75, 3.05) is 18.0 Å². The minimum atomic E-state index is 0.372. The standard InChI is InChI=1S/C9H12N2O/c1-3-11(4-2)9-6-5-8(7-10)12-9/h5-6H,3-4H2,1-2H3. The molecule has 3 nitrogen and oxygen atoms in total. The zero-order valence-corrected chi connectivity index (χ0v) is 7.37. The van der Waals surface area contributed by atoms with Crippen molar-refractivity contribution in [2.24, 2.45) is 0 Å². The number of rotatable bonds is 3. The molecule has 0 spiro atoms. The maximum Gasteiger partial charge on any atom is 0.206 e. The van der Waals surface area contributed by atoms with Crippen LogP contribution in [0, 0.1) is 11.3 Å². The summed E-state index contributed by atoms with van der Waals surface area (Å²) in [6.07, 6.45) is 0. The van der Waals surface area contributed by atoms with Crippen LogP contribution >= 0.6 is 0 Å². The molecular formula is C9H12N2O. The molecule has 0 amide bonds. The lowest BCUT2D eigenvalue weighted by Crippen LogP contribution is -2.20. The van der Waals surface area contributed by atoms with Crippen LogP contribution in [-0.2, 0) is 0 Å². The summed E-state index contributed by atoms with van der Waals surface area (Å²) in [6, 6.07) is 5.47. The van der Waals surface area contributed by atoms with Gasteiger partial charge in [-0.15, -0.1) is 0 Å². The minimum absolute atomic E-state index is 0.372. The molecule has 0 radical (unpaired) electrons. The number of anilines is 1. The molecule has 0 saturated heterocycles. The van der Waals surface area contributed by atoms with Crippen LogP contribution in [0.3, 0.4) is 0 Å². The van der Waals surface area contributed by atoms with Gasteiger partial charge in [-0.3, -0.25) is 0 Å². The lowest BCUT2D eigenvalue weighted by molar-refractivity contribution is 0.538. The summed E-state index contributed by atoms with van der Waals surface area (Å²) in [5.74, 6) is 1.15. The molecule has 0 aliphatic heterocycles. The monoisotopic (exact) mass is 164 g/mol. The van der Waals surface area contributed by atoms with E-state index < -0.39 is 0 Å². The van der Waals surface area contributed by atoms with Crippen LogP contribution in [0.25, 0.3) is 0 Å². The van der Waals surface area contributed by atoms with Gasteiger partial charge in [-0.2, -0.15) is 5.26 Å². The molecule has 3 heteroatoms. The van der Waals surface area contributed by atoms with Crippen molar-refractivity contribution in [3.63, 3.8) is 0 Å². The van der Waals surface area contributed by atoms with Crippen LogP contribution in [0.15, 0.2) is 16.5 Å². The first-order chi connectivity index (χ1) is 5.81. The van der Waals surface area contributed by atoms with E-state index in [2.05, 4.69) is 18.7 Å². The van der Waals surface area contributed by atoms with Crippen LogP contribution in [-0.4, -0.2) is 13.1 Å². The summed E-state index contributed by atoms with van der Waals surface area (Å²) in [7, 11) is 0. The highest BCUT2D eigenvalue weighted by Crippen LogP contribution is 2.16. The maximum atomic E-state index is 8.52. The summed E-state index contributed by atoms with van der Waals surface area (Å²) in [4.78, 5) is 2.06. The van der Waals surface area contributed by atoms with Crippen molar-refractivity contribution in [1.29, 1.82) is 5.26 Å². The zero-order chi connectivity index (χ0) is 8.97. The summed E-state index contributed by atoms with van der Waals surface area (Å²) < 4.78 is 5.24. The van der Waals surface area contributed by atoms with Crippen molar-refractivity contribution in [2.45, 2.75) is 13.8 Å². The third kappa shape index (κ3) is 1.59. The van der Waals surface area contributed by atoms with Crippen molar-refractivity contribution >= 4 is 5.88 Å². The van der Waals surface area contributed by atoms with Crippen molar-refractivity contribution < 1.29 is 4.42 Å². The van der Waals surface area contributed by atoms with Crippen LogP contribution in [0.1, 0.15) is 19.6 Å². The van der Waals surface area contributed by atoms with Gasteiger partial charge in [0.25, 0.3) is 0 Å². The average molecular weight is 164 g/mol. The summed E-state index contributed by atoms with van der Waals surface area (Å²) in [5.41, 5.74) is 0. The second-order valence-electron chi connectivity index (χ2n) is 2.42. The highest BCUT2D eigenvalue weighted by molar-refractivity contribution is 5.38. The molecule has 0 fully saturated rings. The molecule has 0 saturated carbocycles. The van der Waals surface area contributed by atoms with Gasteiger partial charge in [0.15, 0.2) is 5.88 Å². The van der Waals surface area contributed by atoms with E-state index in [1.54, 1.807) is 6.07 Å². The molecule has 0 N–H and O–H groups in total. The van der Waals surface area contributed by atoms with Crippen LogP contribution in [0.5, 0.6) is 0 Å². The van der Waals surface area contributed by atoms with E-state index in [1.165, 1.54) is 0 Å². The van der Waals surface area contributed by atoms with E-state index in [1.807, 2.05) is 12.1 Å². The van der Waals surface area contributed by atoms with Crippen molar-refractivity contribution in [1.82, 2.24) is 0 Å². The Morgan fingerprint density at radius 1 is 1.42 bits per heavy atom. The summed E-state index contributed by atoms with van der Waals surface area (Å²) in [6.45, 7) is 5.90. The Kier molecular flexibility index (Phi) is 2.76. The lowest BCUT2D eigenvalue weighted by atomic mass is 10.4. The van der Waals surface area contributed by atoms with Crippen molar-refractivity contribution in [3.8, 4) is 6.07 Å². The molecule has 1 heterocycles. The van der Waals surface area contributed by atoms with Gasteiger partial charge in [-0.1, -0.05) is 0 Å². The average Bonchev–Trinajstić information content (AvgIpc) is 2.55. The Labute approximate surface area is 72.2 Å². The normalized spacial score (nSPS) is 9.42. The molecule has 0 aromatic carbocycles. The Morgan fingerprint density at radius 3 is 2.50 bits per heavy atom. The molecule has 0 bridgehead atoms. The van der Waals surface area contributed by atoms with E-state index in [9.17, 15) is 0 Å². The third-order valence-electron chi connectivity index (χ3n) is 1.78. The second kappa shape index (κ2) is 3.82. The Hall–Kier alpha value is -1.43. The van der Waals surface area contributed by atoms with Crippen molar-refractivity contribution in [3.05, 3.63) is 17.9 Å². The fourth-order valence-electron chi connectivity index (χ4n) is 1.09. The van der Waals surface area contributed by atoms with Gasteiger partial charge in [-0.05, 0) is 19.9 Å². The first kappa shape index (κ1) is 8.66. The van der Waals surface area contributed by atoms with Gasteiger partial charge in [0, 0.05) is 19.2 Å². The van der Waals surface area contributed by atoms with Gasteiger partial charge in [0.05, 0.1) is 0 Å². The minimum Gasteiger partial charge on any atom is -0.430 e. The molecule has 1 aromatic rings. The molecule has 1 aromatic heterocycles. The molecule has 0 aliphatic rings. The highest BCUT2D eigenvalue weighted by atomic mass is 16.4. The van der Waals surface area contributed by atoms with Gasteiger partial charge in [0.2, 0.25) is 5.76 Å². The number of nitriles is 1. The van der Waals surface area contributed by atoms with Gasteiger partial charge in [0.1, 0.15) is 6.07 Å². The number of hydrogen-bond acceptors (Lipinski definition) is 3. The lowest BCUT2D eigenvalue weighted by Gasteiger charge is -2.16. The Balaban J connectivity index is 2.81. The smallest absolute Gasteiger partial charge is 0.206 e. The Bertz CT molecular complexity index is 281. The third-order valence-corrected chi connectivity index (χ3v) is 1.78. The van der Waals surface area contributed by atoms with Crippen LogP contribution in [0.4, 0.5) is 5.88 Å². The van der Waals surface area contributed by atoms with Crippen LogP contribution in [0.2, 0.25) is 0 Å². The quantitative estimate of drug-likeness (QED) is 0.686. The number of hydrogen-bond donors (Lipinski definition) is 0. The molecule has 64 valence electrons. The van der Waals surface area contributed by atoms with Crippen LogP contribution < -0.4 is 4.90 Å². The SMILES string of the molecule is CCN(CC)c1ccc(C#N)o1. The van der Waals surface area contributed by atoms with E-state index >= 15 is 0 Å². The molecule has 0 unspecified atom stereocenters. The van der Waals surface area contributed by atoms with E-state index in [0.29, 0.717) is 5.76 Å². The first-order valence-corrected chi connectivity index (χ1v) is 4.06. The fraction of sp³-hybridized carbons (Fsp3) is 0.444. The molecule has 0 aliphatic carbocycles. The van der Waals surface area contributed by atoms with E-state index in [4.69, 9.17) is 9.68 Å². The predicted octanol–water partition coefficient (Wildman–Crippen LogP) is 2.00. The number of furan rings is 1. The molecule has 12 heavy (non-hydrogen) atoms. The number of nitrogens with zero attached hydrogens (tertiary/aromatic N) is 2. The Morgan fingerprint density at radius 2 is 2.08 bits per heavy atom. The van der Waals surface area contributed by atoms with E-state index in [-0.39, 0.29) is 0 Å². The topological polar surface area (TPSA) is 40.2 Å². The highest BCUT2D eigenvalue weighted by Gasteiger charge is 2.05. The first-order valence-electron chi connectivity index (χ1n) is 4.06. The molecule has 1 rings (SSSR count). The molecular weight excluding hydrogens is 152 g/mol. The van der Waals surface area contributed by atoms with Gasteiger partial charge < -0.3 is 9.32 Å². The van der Waals surface area contributed by atoms with Gasteiger partial charge >= 0.3 is 0 Å². The maximum absolute atomic E-state index is 8.52. The van der Waals surface area contributed by atoms with Gasteiger partial charge in [-0.25, -0.2) is 0 Å². The largest absolute Gasteiger partial charge is 0.430 e. The molecule has 0 atom stereocenters. The second-order valence-corrected chi connectivity index (χ2v) is 2.42. The zero-order valence-electron chi connectivity index (χ0n) is 7.37.